The highest BCUT2D eigenvalue weighted by molar-refractivity contribution is 6.31. The normalized spacial score (nSPS) is 15.4. The first-order valence-corrected chi connectivity index (χ1v) is 10.4. The molecule has 8 heteroatoms. The summed E-state index contributed by atoms with van der Waals surface area (Å²) in [6.07, 6.45) is 0. The van der Waals surface area contributed by atoms with E-state index in [4.69, 9.17) is 11.6 Å². The van der Waals surface area contributed by atoms with Crippen molar-refractivity contribution in [1.82, 2.24) is 25.1 Å². The Morgan fingerprint density at radius 2 is 1.80 bits per heavy atom. The molecule has 30 heavy (non-hydrogen) atoms. The lowest BCUT2D eigenvalue weighted by atomic mass is 10.2. The molecular formula is C22H24ClN5O2. The molecule has 1 amide bonds. The average molecular weight is 426 g/mol. The van der Waals surface area contributed by atoms with Crippen molar-refractivity contribution in [2.75, 3.05) is 32.7 Å². The Labute approximate surface area is 179 Å². The number of piperazine rings is 1. The Bertz CT molecular complexity index is 1080. The Kier molecular flexibility index (Phi) is 6.42. The molecule has 1 aliphatic rings. The minimum atomic E-state index is -0.175. The summed E-state index contributed by atoms with van der Waals surface area (Å²) in [7, 11) is 0. The van der Waals surface area contributed by atoms with Gasteiger partial charge in [0, 0.05) is 37.7 Å². The molecule has 2 heterocycles. The maximum atomic E-state index is 12.3. The first-order valence-electron chi connectivity index (χ1n) is 10.0. The second-order valence-corrected chi connectivity index (χ2v) is 7.93. The van der Waals surface area contributed by atoms with Gasteiger partial charge in [-0.15, -0.1) is 0 Å². The summed E-state index contributed by atoms with van der Waals surface area (Å²) in [5, 5.41) is 3.99. The van der Waals surface area contributed by atoms with Gasteiger partial charge in [0.15, 0.2) is 0 Å². The molecule has 4 rings (SSSR count). The number of fused-ring (bicyclic) bond motifs is 1. The maximum Gasteiger partial charge on any atom is 0.258 e. The van der Waals surface area contributed by atoms with Crippen LogP contribution in [0.1, 0.15) is 11.4 Å². The fourth-order valence-electron chi connectivity index (χ4n) is 3.61. The summed E-state index contributed by atoms with van der Waals surface area (Å²) in [5.41, 5.74) is 1.56. The summed E-state index contributed by atoms with van der Waals surface area (Å²) in [6.45, 7) is 4.74. The molecule has 7 nitrogen and oxygen atoms in total. The van der Waals surface area contributed by atoms with Crippen LogP contribution >= 0.6 is 11.6 Å². The van der Waals surface area contributed by atoms with E-state index < -0.39 is 0 Å². The molecule has 1 fully saturated rings. The largest absolute Gasteiger partial charge is 0.351 e. The van der Waals surface area contributed by atoms with Crippen LogP contribution in [0.2, 0.25) is 5.02 Å². The zero-order valence-electron chi connectivity index (χ0n) is 16.6. The highest BCUT2D eigenvalue weighted by atomic mass is 35.5. The molecule has 0 unspecified atom stereocenters. The number of rotatable bonds is 6. The summed E-state index contributed by atoms with van der Waals surface area (Å²) in [6, 6.07) is 15.0. The summed E-state index contributed by atoms with van der Waals surface area (Å²) >= 11 is 5.96. The number of halogens is 1. The van der Waals surface area contributed by atoms with Crippen LogP contribution in [0.4, 0.5) is 0 Å². The van der Waals surface area contributed by atoms with Crippen LogP contribution in [-0.2, 0) is 17.9 Å². The zero-order valence-corrected chi connectivity index (χ0v) is 17.4. The van der Waals surface area contributed by atoms with E-state index in [9.17, 15) is 9.59 Å². The Morgan fingerprint density at radius 3 is 2.57 bits per heavy atom. The number of carbonyl (C=O) groups is 1. The molecule has 0 saturated carbocycles. The highest BCUT2D eigenvalue weighted by Gasteiger charge is 2.20. The van der Waals surface area contributed by atoms with E-state index in [1.165, 1.54) is 0 Å². The number of hydrogen-bond acceptors (Lipinski definition) is 5. The fraction of sp³-hybridized carbons (Fsp3) is 0.318. The molecule has 1 aromatic heterocycles. The van der Waals surface area contributed by atoms with E-state index in [-0.39, 0.29) is 11.5 Å². The van der Waals surface area contributed by atoms with Gasteiger partial charge in [-0.1, -0.05) is 41.9 Å². The van der Waals surface area contributed by atoms with Crippen molar-refractivity contribution >= 4 is 28.4 Å². The number of nitrogens with zero attached hydrogens (tertiary/aromatic N) is 3. The first kappa shape index (κ1) is 20.5. The van der Waals surface area contributed by atoms with E-state index in [0.29, 0.717) is 41.4 Å². The molecule has 1 saturated heterocycles. The van der Waals surface area contributed by atoms with Gasteiger partial charge in [0.05, 0.1) is 24.0 Å². The van der Waals surface area contributed by atoms with Gasteiger partial charge in [-0.25, -0.2) is 4.98 Å². The van der Waals surface area contributed by atoms with Crippen molar-refractivity contribution in [3.8, 4) is 0 Å². The van der Waals surface area contributed by atoms with Gasteiger partial charge >= 0.3 is 0 Å². The van der Waals surface area contributed by atoms with Gasteiger partial charge in [0.25, 0.3) is 5.56 Å². The van der Waals surface area contributed by atoms with Gasteiger partial charge in [-0.2, -0.15) is 0 Å². The maximum absolute atomic E-state index is 12.3. The lowest BCUT2D eigenvalue weighted by Crippen LogP contribution is -2.49. The molecule has 0 bridgehead atoms. The molecule has 0 spiro atoms. The number of nitrogens with one attached hydrogen (secondary N) is 2. The quantitative estimate of drug-likeness (QED) is 0.631. The van der Waals surface area contributed by atoms with Crippen LogP contribution in [0.25, 0.3) is 10.9 Å². The molecule has 156 valence electrons. The molecule has 0 radical (unpaired) electrons. The number of benzene rings is 2. The number of amides is 1. The van der Waals surface area contributed by atoms with Crippen LogP contribution in [0.5, 0.6) is 0 Å². The van der Waals surface area contributed by atoms with Gasteiger partial charge in [0.1, 0.15) is 5.82 Å². The first-order chi connectivity index (χ1) is 14.6. The van der Waals surface area contributed by atoms with Crippen molar-refractivity contribution in [1.29, 1.82) is 0 Å². The lowest BCUT2D eigenvalue weighted by molar-refractivity contribution is -0.122. The van der Waals surface area contributed by atoms with Crippen LogP contribution in [0.3, 0.4) is 0 Å². The lowest BCUT2D eigenvalue weighted by Gasteiger charge is -2.33. The van der Waals surface area contributed by atoms with E-state index in [2.05, 4.69) is 25.1 Å². The molecule has 1 aliphatic heterocycles. The summed E-state index contributed by atoms with van der Waals surface area (Å²) in [4.78, 5) is 36.3. The second-order valence-electron chi connectivity index (χ2n) is 7.49. The van der Waals surface area contributed by atoms with Crippen LogP contribution in [-0.4, -0.2) is 58.4 Å². The molecule has 2 N–H and O–H groups in total. The van der Waals surface area contributed by atoms with E-state index in [0.717, 1.165) is 31.7 Å². The van der Waals surface area contributed by atoms with Crippen molar-refractivity contribution in [2.24, 2.45) is 0 Å². The Hall–Kier alpha value is -2.74. The van der Waals surface area contributed by atoms with E-state index >= 15 is 0 Å². The number of carbonyl (C=O) groups excluding carboxylic acids is 1. The van der Waals surface area contributed by atoms with Gasteiger partial charge in [0.2, 0.25) is 5.91 Å². The Morgan fingerprint density at radius 1 is 1.07 bits per heavy atom. The van der Waals surface area contributed by atoms with Gasteiger partial charge in [-0.05, 0) is 23.8 Å². The van der Waals surface area contributed by atoms with E-state index in [1.54, 1.807) is 18.2 Å². The predicted molar refractivity (Wildman–Crippen MR) is 117 cm³/mol. The third-order valence-corrected chi connectivity index (χ3v) is 5.49. The standard InChI is InChI=1S/C22H24ClN5O2/c23-17-6-7-19-18(12-17)22(30)26-20(25-19)14-27-8-10-28(11-9-27)15-21(29)24-13-16-4-2-1-3-5-16/h1-7,12H,8-11,13-15H2,(H,24,29)(H,25,26,30). The SMILES string of the molecule is O=C(CN1CCN(Cc2nc3ccc(Cl)cc3c(=O)[nH]2)CC1)NCc1ccccc1. The minimum absolute atomic E-state index is 0.0338. The molecule has 0 atom stereocenters. The van der Waals surface area contributed by atoms with Crippen LogP contribution in [0, 0.1) is 0 Å². The number of hydrogen-bond donors (Lipinski definition) is 2. The fourth-order valence-corrected chi connectivity index (χ4v) is 3.78. The molecule has 3 aromatic rings. The number of H-pyrrole nitrogens is 1. The van der Waals surface area contributed by atoms with Gasteiger partial charge < -0.3 is 10.3 Å². The van der Waals surface area contributed by atoms with Crippen molar-refractivity contribution in [3.63, 3.8) is 0 Å². The van der Waals surface area contributed by atoms with Crippen LogP contribution < -0.4 is 10.9 Å². The van der Waals surface area contributed by atoms with Crippen molar-refractivity contribution in [2.45, 2.75) is 13.1 Å². The number of aromatic amines is 1. The highest BCUT2D eigenvalue weighted by Crippen LogP contribution is 2.15. The second kappa shape index (κ2) is 9.38. The Balaban J connectivity index is 1.26. The average Bonchev–Trinajstić information content (AvgIpc) is 2.75. The third kappa shape index (κ3) is 5.24. The minimum Gasteiger partial charge on any atom is -0.351 e. The van der Waals surface area contributed by atoms with Crippen LogP contribution in [0.15, 0.2) is 53.3 Å². The van der Waals surface area contributed by atoms with E-state index in [1.807, 2.05) is 30.3 Å². The van der Waals surface area contributed by atoms with Gasteiger partial charge in [-0.3, -0.25) is 19.4 Å². The molecular weight excluding hydrogens is 402 g/mol. The summed E-state index contributed by atoms with van der Waals surface area (Å²) in [5.74, 6) is 0.676. The number of aromatic nitrogens is 2. The van der Waals surface area contributed by atoms with Crippen molar-refractivity contribution < 1.29 is 4.79 Å². The molecule has 2 aromatic carbocycles. The van der Waals surface area contributed by atoms with Crippen molar-refractivity contribution in [3.05, 3.63) is 75.3 Å². The predicted octanol–water partition coefficient (Wildman–Crippen LogP) is 2.01. The smallest absolute Gasteiger partial charge is 0.258 e. The summed E-state index contributed by atoms with van der Waals surface area (Å²) < 4.78 is 0. The molecule has 0 aliphatic carbocycles. The zero-order chi connectivity index (χ0) is 20.9. The monoisotopic (exact) mass is 425 g/mol. The topological polar surface area (TPSA) is 81.3 Å². The third-order valence-electron chi connectivity index (χ3n) is 5.25.